The molecule has 1 aliphatic carbocycles. The van der Waals surface area contributed by atoms with Crippen molar-refractivity contribution in [3.8, 4) is 0 Å². The summed E-state index contributed by atoms with van der Waals surface area (Å²) in [5.41, 5.74) is 1.04. The van der Waals surface area contributed by atoms with Crippen molar-refractivity contribution in [3.63, 3.8) is 0 Å². The Hall–Kier alpha value is -0.430. The molecule has 4 nitrogen and oxygen atoms in total. The molecule has 2 N–H and O–H groups in total. The average molecular weight is 331 g/mol. The molecule has 1 aliphatic rings. The predicted octanol–water partition coefficient (Wildman–Crippen LogP) is 2.96. The van der Waals surface area contributed by atoms with Gasteiger partial charge in [-0.05, 0) is 41.8 Å². The van der Waals surface area contributed by atoms with Crippen LogP contribution in [-0.4, -0.2) is 21.5 Å². The molecule has 2 unspecified atom stereocenters. The Morgan fingerprint density at radius 3 is 2.81 bits per heavy atom. The number of thiophene rings is 1. The molecule has 2 atom stereocenters. The number of nitrogens with one attached hydrogen (secondary N) is 2. The fourth-order valence-corrected chi connectivity index (χ4v) is 5.19. The van der Waals surface area contributed by atoms with Crippen molar-refractivity contribution in [1.82, 2.24) is 10.0 Å². The zero-order valence-corrected chi connectivity index (χ0v) is 14.5. The number of rotatable bonds is 7. The van der Waals surface area contributed by atoms with Gasteiger partial charge in [0.1, 0.15) is 4.21 Å². The molecule has 0 amide bonds. The van der Waals surface area contributed by atoms with Crippen molar-refractivity contribution in [3.05, 3.63) is 17.0 Å². The smallest absolute Gasteiger partial charge is 0.250 e. The summed E-state index contributed by atoms with van der Waals surface area (Å²) in [5.74, 6) is 1.10. The van der Waals surface area contributed by atoms with Gasteiger partial charge < -0.3 is 5.32 Å². The van der Waals surface area contributed by atoms with E-state index in [1.54, 1.807) is 6.07 Å². The summed E-state index contributed by atoms with van der Waals surface area (Å²) in [4.78, 5) is 0. The van der Waals surface area contributed by atoms with E-state index in [1.807, 2.05) is 12.3 Å². The minimum atomic E-state index is -3.35. The van der Waals surface area contributed by atoms with E-state index in [4.69, 9.17) is 0 Å². The molecule has 1 aromatic heterocycles. The summed E-state index contributed by atoms with van der Waals surface area (Å²) < 4.78 is 27.9. The van der Waals surface area contributed by atoms with Gasteiger partial charge in [-0.15, -0.1) is 11.3 Å². The van der Waals surface area contributed by atoms with Gasteiger partial charge in [0.2, 0.25) is 10.0 Å². The van der Waals surface area contributed by atoms with Crippen molar-refractivity contribution in [1.29, 1.82) is 0 Å². The minimum absolute atomic E-state index is 0.430. The van der Waals surface area contributed by atoms with Gasteiger partial charge >= 0.3 is 0 Å². The second kappa shape index (κ2) is 7.72. The van der Waals surface area contributed by atoms with Gasteiger partial charge in [0.15, 0.2) is 0 Å². The Labute approximate surface area is 132 Å². The SMILES string of the molecule is CCNCc1csc(S(=O)(=O)NCC2CCCCC2C)c1. The average Bonchev–Trinajstić information content (AvgIpc) is 2.94. The van der Waals surface area contributed by atoms with Crippen LogP contribution < -0.4 is 10.0 Å². The zero-order chi connectivity index (χ0) is 15.3. The normalized spacial score (nSPS) is 23.3. The fourth-order valence-electron chi connectivity index (χ4n) is 2.84. The molecule has 120 valence electrons. The van der Waals surface area contributed by atoms with E-state index in [-0.39, 0.29) is 0 Å². The number of hydrogen-bond acceptors (Lipinski definition) is 4. The molecule has 1 aromatic rings. The molecule has 0 saturated heterocycles. The summed E-state index contributed by atoms with van der Waals surface area (Å²) in [5, 5.41) is 5.13. The Bertz CT molecular complexity index is 540. The van der Waals surface area contributed by atoms with E-state index in [9.17, 15) is 8.42 Å². The maximum absolute atomic E-state index is 12.3. The first-order chi connectivity index (χ1) is 10.0. The Balaban J connectivity index is 1.93. The highest BCUT2D eigenvalue weighted by molar-refractivity contribution is 7.91. The van der Waals surface area contributed by atoms with Crippen molar-refractivity contribution in [2.45, 2.75) is 50.3 Å². The maximum Gasteiger partial charge on any atom is 0.250 e. The van der Waals surface area contributed by atoms with Crippen LogP contribution in [0.2, 0.25) is 0 Å². The highest BCUT2D eigenvalue weighted by atomic mass is 32.2. The van der Waals surface area contributed by atoms with Crippen LogP contribution in [0.5, 0.6) is 0 Å². The third kappa shape index (κ3) is 4.77. The molecule has 6 heteroatoms. The fraction of sp³-hybridized carbons (Fsp3) is 0.733. The monoisotopic (exact) mass is 330 g/mol. The largest absolute Gasteiger partial charge is 0.313 e. The lowest BCUT2D eigenvalue weighted by atomic mass is 9.81. The highest BCUT2D eigenvalue weighted by Crippen LogP contribution is 2.29. The predicted molar refractivity (Wildman–Crippen MR) is 88.0 cm³/mol. The van der Waals surface area contributed by atoms with Gasteiger partial charge in [0.05, 0.1) is 0 Å². The Morgan fingerprint density at radius 2 is 2.10 bits per heavy atom. The summed E-state index contributed by atoms with van der Waals surface area (Å²) in [6.45, 7) is 6.45. The maximum atomic E-state index is 12.3. The van der Waals surface area contributed by atoms with Gasteiger partial charge in [-0.1, -0.05) is 33.1 Å². The van der Waals surface area contributed by atoms with E-state index in [0.29, 0.717) is 22.6 Å². The highest BCUT2D eigenvalue weighted by Gasteiger charge is 2.24. The van der Waals surface area contributed by atoms with Gasteiger partial charge in [0, 0.05) is 13.1 Å². The van der Waals surface area contributed by atoms with E-state index in [2.05, 4.69) is 17.0 Å². The van der Waals surface area contributed by atoms with Crippen LogP contribution in [0.25, 0.3) is 0 Å². The molecule has 1 heterocycles. The van der Waals surface area contributed by atoms with Crippen LogP contribution in [0, 0.1) is 11.8 Å². The van der Waals surface area contributed by atoms with Crippen molar-refractivity contribution >= 4 is 21.4 Å². The second-order valence-electron chi connectivity index (χ2n) is 5.93. The third-order valence-electron chi connectivity index (χ3n) is 4.30. The van der Waals surface area contributed by atoms with Gasteiger partial charge in [-0.2, -0.15) is 0 Å². The van der Waals surface area contributed by atoms with Gasteiger partial charge in [-0.25, -0.2) is 13.1 Å². The van der Waals surface area contributed by atoms with Crippen molar-refractivity contribution in [2.24, 2.45) is 11.8 Å². The molecule has 0 aliphatic heterocycles. The van der Waals surface area contributed by atoms with E-state index >= 15 is 0 Å². The first kappa shape index (κ1) is 16.9. The van der Waals surface area contributed by atoms with Crippen LogP contribution in [0.4, 0.5) is 0 Å². The van der Waals surface area contributed by atoms with E-state index in [0.717, 1.165) is 25.1 Å². The summed E-state index contributed by atoms with van der Waals surface area (Å²) in [7, 11) is -3.35. The summed E-state index contributed by atoms with van der Waals surface area (Å²) in [6.07, 6.45) is 4.86. The van der Waals surface area contributed by atoms with Crippen molar-refractivity contribution < 1.29 is 8.42 Å². The summed E-state index contributed by atoms with van der Waals surface area (Å²) in [6, 6.07) is 1.78. The van der Waals surface area contributed by atoms with Crippen molar-refractivity contribution in [2.75, 3.05) is 13.1 Å². The molecule has 0 spiro atoms. The van der Waals surface area contributed by atoms with Crippen LogP contribution in [-0.2, 0) is 16.6 Å². The van der Waals surface area contributed by atoms with Gasteiger partial charge in [0.25, 0.3) is 0 Å². The molecule has 21 heavy (non-hydrogen) atoms. The molecule has 2 rings (SSSR count). The molecule has 1 fully saturated rings. The lowest BCUT2D eigenvalue weighted by molar-refractivity contribution is 0.257. The minimum Gasteiger partial charge on any atom is -0.313 e. The van der Waals surface area contributed by atoms with Crippen LogP contribution in [0.3, 0.4) is 0 Å². The third-order valence-corrected chi connectivity index (χ3v) is 7.21. The lowest BCUT2D eigenvalue weighted by Gasteiger charge is -2.28. The lowest BCUT2D eigenvalue weighted by Crippen LogP contribution is -2.33. The molecule has 0 bridgehead atoms. The molecular weight excluding hydrogens is 304 g/mol. The van der Waals surface area contributed by atoms with Gasteiger partial charge in [-0.3, -0.25) is 0 Å². The number of hydrogen-bond donors (Lipinski definition) is 2. The van der Waals surface area contributed by atoms with E-state index in [1.165, 1.54) is 30.6 Å². The summed E-state index contributed by atoms with van der Waals surface area (Å²) >= 11 is 1.30. The topological polar surface area (TPSA) is 58.2 Å². The Kier molecular flexibility index (Phi) is 6.22. The molecule has 1 saturated carbocycles. The first-order valence-electron chi connectivity index (χ1n) is 7.80. The first-order valence-corrected chi connectivity index (χ1v) is 10.2. The van der Waals surface area contributed by atoms with Crippen LogP contribution >= 0.6 is 11.3 Å². The standard InChI is InChI=1S/C15H26N2O2S2/c1-3-16-9-13-8-15(20-11-13)21(18,19)17-10-14-7-5-4-6-12(14)2/h8,11-12,14,16-17H,3-7,9-10H2,1-2H3. The Morgan fingerprint density at radius 1 is 1.33 bits per heavy atom. The zero-order valence-electron chi connectivity index (χ0n) is 12.9. The van der Waals surface area contributed by atoms with Crippen LogP contribution in [0.1, 0.15) is 45.1 Å². The van der Waals surface area contributed by atoms with E-state index < -0.39 is 10.0 Å². The molecule has 0 radical (unpaired) electrons. The second-order valence-corrected chi connectivity index (χ2v) is 8.83. The number of sulfonamides is 1. The molecule has 0 aromatic carbocycles. The quantitative estimate of drug-likeness (QED) is 0.808. The van der Waals surface area contributed by atoms with Crippen LogP contribution in [0.15, 0.2) is 15.7 Å². The molecular formula is C15H26N2O2S2.